The van der Waals surface area contributed by atoms with E-state index in [1.807, 2.05) is 0 Å². The van der Waals surface area contributed by atoms with Crippen LogP contribution < -0.4 is 15.8 Å². The number of carbonyl (C=O) groups is 1. The molecule has 92 valence electrons. The second-order valence-electron chi connectivity index (χ2n) is 3.12. The van der Waals surface area contributed by atoms with E-state index in [0.29, 0.717) is 16.3 Å². The van der Waals surface area contributed by atoms with Gasteiger partial charge in [-0.2, -0.15) is 0 Å². The van der Waals surface area contributed by atoms with Gasteiger partial charge in [-0.05, 0) is 18.2 Å². The number of carbonyl (C=O) groups excluding carboxylic acids is 1. The highest BCUT2D eigenvalue weighted by Gasteiger charge is 2.12. The van der Waals surface area contributed by atoms with Crippen molar-refractivity contribution in [3.63, 3.8) is 0 Å². The first-order valence-corrected chi connectivity index (χ1v) is 5.04. The topological polar surface area (TPSA) is 96.9 Å². The van der Waals surface area contributed by atoms with Crippen LogP contribution in [0.15, 0.2) is 23.4 Å². The van der Waals surface area contributed by atoms with Crippen LogP contribution in [0.2, 0.25) is 5.02 Å². The quantitative estimate of drug-likeness (QED) is 0.322. The highest BCUT2D eigenvalue weighted by molar-refractivity contribution is 6.30. The van der Waals surface area contributed by atoms with Gasteiger partial charge in [0.05, 0.1) is 19.2 Å². The molecule has 0 aliphatic carbocycles. The Labute approximate surface area is 103 Å². The summed E-state index contributed by atoms with van der Waals surface area (Å²) in [6, 6.07) is 4.63. The number of amides is 1. The molecule has 0 heterocycles. The molecule has 1 aromatic rings. The number of ether oxygens (including phenoxy) is 1. The third-order valence-corrected chi connectivity index (χ3v) is 2.20. The fraction of sp³-hybridized carbons (Fsp3) is 0.200. The van der Waals surface area contributed by atoms with Gasteiger partial charge in [0.15, 0.2) is 5.84 Å². The lowest BCUT2D eigenvalue weighted by atomic mass is 10.2. The number of amidine groups is 1. The molecule has 0 atom stereocenters. The van der Waals surface area contributed by atoms with Gasteiger partial charge in [-0.15, -0.1) is 0 Å². The summed E-state index contributed by atoms with van der Waals surface area (Å²) < 4.78 is 5.02. The fourth-order valence-electron chi connectivity index (χ4n) is 1.15. The number of methoxy groups -OCH3 is 1. The van der Waals surface area contributed by atoms with E-state index in [4.69, 9.17) is 27.3 Å². The number of benzene rings is 1. The number of oxime groups is 1. The minimum Gasteiger partial charge on any atom is -0.496 e. The number of nitrogens with zero attached hydrogens (tertiary/aromatic N) is 1. The molecule has 0 fully saturated rings. The maximum atomic E-state index is 11.7. The van der Waals surface area contributed by atoms with Gasteiger partial charge in [0.1, 0.15) is 5.75 Å². The maximum Gasteiger partial charge on any atom is 0.255 e. The van der Waals surface area contributed by atoms with E-state index in [1.165, 1.54) is 19.2 Å². The Balaban J connectivity index is 2.82. The second-order valence-corrected chi connectivity index (χ2v) is 3.56. The molecule has 0 saturated heterocycles. The van der Waals surface area contributed by atoms with E-state index >= 15 is 0 Å². The summed E-state index contributed by atoms with van der Waals surface area (Å²) in [5.74, 6) is -0.133. The van der Waals surface area contributed by atoms with Crippen LogP contribution in [0.1, 0.15) is 10.4 Å². The van der Waals surface area contributed by atoms with Gasteiger partial charge in [-0.25, -0.2) is 0 Å². The Kier molecular flexibility index (Phi) is 4.59. The van der Waals surface area contributed by atoms with E-state index in [-0.39, 0.29) is 12.4 Å². The van der Waals surface area contributed by atoms with E-state index in [0.717, 1.165) is 0 Å². The summed E-state index contributed by atoms with van der Waals surface area (Å²) in [6.07, 6.45) is 0. The number of rotatable bonds is 4. The molecule has 0 bridgehead atoms. The molecule has 0 radical (unpaired) electrons. The standard InChI is InChI=1S/C10H12ClN3O3/c1-17-8-4-6(11)2-3-7(8)10(15)13-5-9(12)14-16/h2-4,16H,5H2,1H3,(H2,12,14)(H,13,15). The van der Waals surface area contributed by atoms with Crippen LogP contribution >= 0.6 is 11.6 Å². The van der Waals surface area contributed by atoms with Gasteiger partial charge in [0, 0.05) is 5.02 Å². The van der Waals surface area contributed by atoms with Crippen molar-refractivity contribution in [2.75, 3.05) is 13.7 Å². The lowest BCUT2D eigenvalue weighted by molar-refractivity contribution is 0.0956. The highest BCUT2D eigenvalue weighted by atomic mass is 35.5. The molecule has 0 aliphatic rings. The van der Waals surface area contributed by atoms with E-state index in [1.54, 1.807) is 6.07 Å². The SMILES string of the molecule is COc1cc(Cl)ccc1C(=O)NCC(N)=NO. The summed E-state index contributed by atoms with van der Waals surface area (Å²) in [4.78, 5) is 11.7. The van der Waals surface area contributed by atoms with Gasteiger partial charge in [0.2, 0.25) is 0 Å². The minimum absolute atomic E-state index is 0.0545. The van der Waals surface area contributed by atoms with Gasteiger partial charge in [-0.3, -0.25) is 4.79 Å². The van der Waals surface area contributed by atoms with Crippen molar-refractivity contribution in [2.24, 2.45) is 10.9 Å². The van der Waals surface area contributed by atoms with Gasteiger partial charge >= 0.3 is 0 Å². The number of hydrogen-bond acceptors (Lipinski definition) is 4. The molecule has 1 rings (SSSR count). The van der Waals surface area contributed by atoms with Crippen molar-refractivity contribution in [3.05, 3.63) is 28.8 Å². The smallest absolute Gasteiger partial charge is 0.255 e. The Morgan fingerprint density at radius 1 is 1.65 bits per heavy atom. The average molecular weight is 258 g/mol. The zero-order valence-electron chi connectivity index (χ0n) is 9.11. The fourth-order valence-corrected chi connectivity index (χ4v) is 1.32. The van der Waals surface area contributed by atoms with E-state index in [9.17, 15) is 4.79 Å². The summed E-state index contributed by atoms with van der Waals surface area (Å²) in [5.41, 5.74) is 5.55. The zero-order chi connectivity index (χ0) is 12.8. The summed E-state index contributed by atoms with van der Waals surface area (Å²) >= 11 is 5.77. The molecular formula is C10H12ClN3O3. The summed E-state index contributed by atoms with van der Waals surface area (Å²) in [7, 11) is 1.44. The van der Waals surface area contributed by atoms with Crippen molar-refractivity contribution < 1.29 is 14.7 Å². The van der Waals surface area contributed by atoms with Crippen LogP contribution in [-0.2, 0) is 0 Å². The Morgan fingerprint density at radius 3 is 2.94 bits per heavy atom. The number of hydrogen-bond donors (Lipinski definition) is 3. The number of nitrogens with one attached hydrogen (secondary N) is 1. The number of halogens is 1. The molecule has 4 N–H and O–H groups in total. The molecule has 0 saturated carbocycles. The Hall–Kier alpha value is -1.95. The highest BCUT2D eigenvalue weighted by Crippen LogP contribution is 2.22. The van der Waals surface area contributed by atoms with Gasteiger partial charge in [0.25, 0.3) is 5.91 Å². The molecule has 17 heavy (non-hydrogen) atoms. The van der Waals surface area contributed by atoms with Crippen molar-refractivity contribution >= 4 is 23.3 Å². The van der Waals surface area contributed by atoms with Gasteiger partial charge < -0.3 is 21.0 Å². The lowest BCUT2D eigenvalue weighted by Crippen LogP contribution is -2.33. The molecule has 0 aromatic heterocycles. The molecule has 6 nitrogen and oxygen atoms in total. The van der Waals surface area contributed by atoms with Gasteiger partial charge in [-0.1, -0.05) is 16.8 Å². The van der Waals surface area contributed by atoms with Crippen molar-refractivity contribution in [2.45, 2.75) is 0 Å². The summed E-state index contributed by atoms with van der Waals surface area (Å²) in [6.45, 7) is -0.0545. The van der Waals surface area contributed by atoms with Crippen LogP contribution in [-0.4, -0.2) is 30.6 Å². The molecule has 1 aromatic carbocycles. The first-order valence-electron chi connectivity index (χ1n) is 4.66. The van der Waals surface area contributed by atoms with Crippen molar-refractivity contribution in [1.82, 2.24) is 5.32 Å². The van der Waals surface area contributed by atoms with Crippen LogP contribution in [0.25, 0.3) is 0 Å². The predicted octanol–water partition coefficient (Wildman–Crippen LogP) is 0.825. The third kappa shape index (κ3) is 3.53. The molecule has 7 heteroatoms. The van der Waals surface area contributed by atoms with E-state index < -0.39 is 5.91 Å². The third-order valence-electron chi connectivity index (χ3n) is 1.97. The van der Waals surface area contributed by atoms with Crippen molar-refractivity contribution in [1.29, 1.82) is 0 Å². The second kappa shape index (κ2) is 5.95. The van der Waals surface area contributed by atoms with Crippen LogP contribution in [0.4, 0.5) is 0 Å². The zero-order valence-corrected chi connectivity index (χ0v) is 9.86. The maximum absolute atomic E-state index is 11.7. The number of nitrogens with two attached hydrogens (primary N) is 1. The van der Waals surface area contributed by atoms with Crippen molar-refractivity contribution in [3.8, 4) is 5.75 Å². The van der Waals surface area contributed by atoms with Crippen LogP contribution in [0, 0.1) is 0 Å². The summed E-state index contributed by atoms with van der Waals surface area (Å²) in [5, 5.41) is 14.0. The lowest BCUT2D eigenvalue weighted by Gasteiger charge is -2.09. The molecular weight excluding hydrogens is 246 g/mol. The largest absolute Gasteiger partial charge is 0.496 e. The van der Waals surface area contributed by atoms with Crippen LogP contribution in [0.5, 0.6) is 5.75 Å². The first-order chi connectivity index (χ1) is 8.08. The molecule has 1 amide bonds. The van der Waals surface area contributed by atoms with Crippen LogP contribution in [0.3, 0.4) is 0 Å². The predicted molar refractivity (Wildman–Crippen MR) is 63.7 cm³/mol. The van der Waals surface area contributed by atoms with E-state index in [2.05, 4.69) is 10.5 Å². The molecule has 0 spiro atoms. The Bertz CT molecular complexity index is 448. The average Bonchev–Trinajstić information content (AvgIpc) is 2.35. The monoisotopic (exact) mass is 257 g/mol. The molecule has 0 aliphatic heterocycles. The minimum atomic E-state index is -0.398. The first kappa shape index (κ1) is 13.1. The molecule has 0 unspecified atom stereocenters. The Morgan fingerprint density at radius 2 is 2.35 bits per heavy atom. The normalized spacial score (nSPS) is 11.1.